The molecule has 0 N–H and O–H groups in total. The van der Waals surface area contributed by atoms with Crippen LogP contribution in [0.25, 0.3) is 0 Å². The summed E-state index contributed by atoms with van der Waals surface area (Å²) >= 11 is 0. The van der Waals surface area contributed by atoms with E-state index in [0.717, 1.165) is 0 Å². The minimum atomic E-state index is -1.87. The van der Waals surface area contributed by atoms with Gasteiger partial charge in [0.25, 0.3) is 0 Å². The van der Waals surface area contributed by atoms with E-state index >= 15 is 0 Å². The monoisotopic (exact) mass is 121 g/mol. The fourth-order valence-corrected chi connectivity index (χ4v) is 1.27. The van der Waals surface area contributed by atoms with E-state index in [1.165, 1.54) is 6.55 Å². The lowest BCUT2D eigenvalue weighted by Gasteiger charge is -1.91. The summed E-state index contributed by atoms with van der Waals surface area (Å²) < 4.78 is 16.1. The molecule has 35 valence electrons. The molecule has 0 fully saturated rings. The van der Waals surface area contributed by atoms with E-state index < -0.39 is 9.37 Å². The lowest BCUT2D eigenvalue weighted by atomic mass is 11.9. The van der Waals surface area contributed by atoms with Gasteiger partial charge in [-0.15, -0.1) is 0 Å². The summed E-state index contributed by atoms with van der Waals surface area (Å²) in [5, 5.41) is 0. The Balaban J connectivity index is 2.63. The van der Waals surface area contributed by atoms with Crippen LogP contribution in [-0.4, -0.2) is 19.1 Å². The summed E-state index contributed by atoms with van der Waals surface area (Å²) in [7, 11) is -1.56. The predicted octanol–water partition coefficient (Wildman–Crippen LogP) is 0.758. The molecule has 0 atom stereocenters. The molecule has 4 heteroatoms. The zero-order chi connectivity index (χ0) is 4.99. The molecule has 6 heavy (non-hydrogen) atoms. The van der Waals surface area contributed by atoms with Gasteiger partial charge in [-0.1, -0.05) is 0 Å². The van der Waals surface area contributed by atoms with Crippen molar-refractivity contribution in [2.45, 2.75) is 13.1 Å². The third-order valence-corrected chi connectivity index (χ3v) is 2.18. The molecule has 0 spiro atoms. The van der Waals surface area contributed by atoms with Crippen LogP contribution in [-0.2, 0) is 4.12 Å². The highest BCUT2D eigenvalue weighted by atomic mass is 28.4. The highest BCUT2D eigenvalue weighted by Crippen LogP contribution is 1.80. The Hall–Kier alpha value is 0.324. The maximum Gasteiger partial charge on any atom is 0.419 e. The second-order valence-corrected chi connectivity index (χ2v) is 2.94. The van der Waals surface area contributed by atoms with Crippen molar-refractivity contribution in [3.8, 4) is 0 Å². The maximum absolute atomic E-state index is 11.6. The van der Waals surface area contributed by atoms with Crippen LogP contribution in [0, 0.1) is 0 Å². The van der Waals surface area contributed by atoms with Crippen LogP contribution < -0.4 is 0 Å². The Morgan fingerprint density at radius 3 is 2.33 bits per heavy atom. The number of rotatable bonds is 2. The van der Waals surface area contributed by atoms with E-state index in [2.05, 4.69) is 4.12 Å². The summed E-state index contributed by atoms with van der Waals surface area (Å²) in [5.41, 5.74) is 0. The lowest BCUT2D eigenvalue weighted by Crippen LogP contribution is -2.06. The molecule has 0 unspecified atom stereocenters. The van der Waals surface area contributed by atoms with Crippen molar-refractivity contribution in [1.82, 2.24) is 0 Å². The molecule has 0 aromatic rings. The summed E-state index contributed by atoms with van der Waals surface area (Å²) in [6.07, 6.45) is 0. The van der Waals surface area contributed by atoms with Crippen LogP contribution in [0.15, 0.2) is 0 Å². The minimum absolute atomic E-state index is 0.308. The SMILES string of the molecule is C[Si]O[Si](C)F. The summed E-state index contributed by atoms with van der Waals surface area (Å²) in [4.78, 5) is 0. The largest absolute Gasteiger partial charge is 0.432 e. The molecule has 0 aromatic heterocycles. The summed E-state index contributed by atoms with van der Waals surface area (Å²) in [6, 6.07) is 0. The van der Waals surface area contributed by atoms with Gasteiger partial charge >= 0.3 is 9.37 Å². The van der Waals surface area contributed by atoms with Crippen molar-refractivity contribution in [3.63, 3.8) is 0 Å². The maximum atomic E-state index is 11.6. The third kappa shape index (κ3) is 4.32. The molecule has 0 aliphatic rings. The normalized spacial score (nSPS) is 10.0. The quantitative estimate of drug-likeness (QED) is 0.387. The molecular weight excluding hydrogens is 115 g/mol. The third-order valence-electron chi connectivity index (χ3n) is 0.243. The first-order valence-corrected chi connectivity index (χ1v) is 4.79. The van der Waals surface area contributed by atoms with E-state index in [0.29, 0.717) is 9.76 Å². The predicted molar refractivity (Wildman–Crippen MR) is 25.4 cm³/mol. The average Bonchev–Trinajstić information content (AvgIpc) is 1.35. The van der Waals surface area contributed by atoms with Crippen molar-refractivity contribution in [3.05, 3.63) is 0 Å². The molecule has 0 saturated carbocycles. The molecule has 1 nitrogen and oxygen atoms in total. The fraction of sp³-hybridized carbons (Fsp3) is 1.00. The van der Waals surface area contributed by atoms with Gasteiger partial charge in [0.15, 0.2) is 0 Å². The minimum Gasteiger partial charge on any atom is -0.432 e. The molecule has 0 bridgehead atoms. The van der Waals surface area contributed by atoms with Crippen molar-refractivity contribution in [2.75, 3.05) is 0 Å². The van der Waals surface area contributed by atoms with Gasteiger partial charge in [-0.3, -0.25) is 4.11 Å². The number of hydrogen-bond donors (Lipinski definition) is 0. The summed E-state index contributed by atoms with van der Waals surface area (Å²) in [6.45, 7) is 3.29. The van der Waals surface area contributed by atoms with Crippen LogP contribution in [0.4, 0.5) is 4.11 Å². The first-order valence-electron chi connectivity index (χ1n) is 1.60. The van der Waals surface area contributed by atoms with Gasteiger partial charge in [0, 0.05) is 0 Å². The smallest absolute Gasteiger partial charge is 0.419 e. The van der Waals surface area contributed by atoms with Crippen molar-refractivity contribution in [2.24, 2.45) is 0 Å². The Labute approximate surface area is 41.4 Å². The van der Waals surface area contributed by atoms with Gasteiger partial charge < -0.3 is 4.12 Å². The molecule has 0 aliphatic carbocycles. The van der Waals surface area contributed by atoms with Crippen LogP contribution in [0.2, 0.25) is 13.1 Å². The molecule has 0 aromatic carbocycles. The molecular formula is C2H6FOSi2. The first-order chi connectivity index (χ1) is 2.77. The number of halogens is 1. The molecule has 0 aliphatic heterocycles. The van der Waals surface area contributed by atoms with Gasteiger partial charge in [-0.05, 0) is 13.1 Å². The fourth-order valence-electron chi connectivity index (χ4n) is 0.141. The van der Waals surface area contributed by atoms with E-state index in [1.54, 1.807) is 0 Å². The Kier molecular flexibility index (Phi) is 3.70. The second kappa shape index (κ2) is 3.51. The highest BCUT2D eigenvalue weighted by Gasteiger charge is 1.98. The van der Waals surface area contributed by atoms with Crippen LogP contribution in [0.1, 0.15) is 0 Å². The molecule has 3 radical (unpaired) electrons. The van der Waals surface area contributed by atoms with E-state index in [4.69, 9.17) is 0 Å². The van der Waals surface area contributed by atoms with Gasteiger partial charge in [0.2, 0.25) is 9.76 Å². The van der Waals surface area contributed by atoms with E-state index in [9.17, 15) is 4.11 Å². The van der Waals surface area contributed by atoms with Crippen LogP contribution in [0.5, 0.6) is 0 Å². The molecule has 0 amide bonds. The van der Waals surface area contributed by atoms with Gasteiger partial charge in [-0.25, -0.2) is 0 Å². The second-order valence-electron chi connectivity index (χ2n) is 0.776. The Morgan fingerprint density at radius 1 is 1.83 bits per heavy atom. The molecule has 0 rings (SSSR count). The number of hydrogen-bond acceptors (Lipinski definition) is 1. The van der Waals surface area contributed by atoms with E-state index in [1.807, 2.05) is 6.55 Å². The lowest BCUT2D eigenvalue weighted by molar-refractivity contribution is 0.541. The van der Waals surface area contributed by atoms with Gasteiger partial charge in [0.05, 0.1) is 0 Å². The zero-order valence-electron chi connectivity index (χ0n) is 3.79. The Morgan fingerprint density at radius 2 is 2.33 bits per heavy atom. The Bertz CT molecular complexity index is 32.7. The van der Waals surface area contributed by atoms with Crippen LogP contribution in [0.3, 0.4) is 0 Å². The van der Waals surface area contributed by atoms with Crippen molar-refractivity contribution in [1.29, 1.82) is 0 Å². The first kappa shape index (κ1) is 6.32. The van der Waals surface area contributed by atoms with Gasteiger partial charge in [0.1, 0.15) is 0 Å². The van der Waals surface area contributed by atoms with Gasteiger partial charge in [-0.2, -0.15) is 0 Å². The average molecular weight is 121 g/mol. The molecule has 0 saturated heterocycles. The topological polar surface area (TPSA) is 9.23 Å². The van der Waals surface area contributed by atoms with Crippen LogP contribution >= 0.6 is 0 Å². The summed E-state index contributed by atoms with van der Waals surface area (Å²) in [5.74, 6) is 0. The highest BCUT2D eigenvalue weighted by molar-refractivity contribution is 6.50. The van der Waals surface area contributed by atoms with Crippen molar-refractivity contribution >= 4 is 19.1 Å². The van der Waals surface area contributed by atoms with E-state index in [-0.39, 0.29) is 0 Å². The van der Waals surface area contributed by atoms with Crippen molar-refractivity contribution < 1.29 is 8.22 Å². The zero-order valence-corrected chi connectivity index (χ0v) is 5.79. The molecule has 0 heterocycles. The standard InChI is InChI=1S/C2H6FOSi2/c1-5-4-6(2)3/h1-2H3.